The number of carbonyl (C=O) groups is 3. The third-order valence-corrected chi connectivity index (χ3v) is 1.86. The summed E-state index contributed by atoms with van der Waals surface area (Å²) in [6.45, 7) is -1.55. The predicted molar refractivity (Wildman–Crippen MR) is 59.9 cm³/mol. The molecule has 0 aliphatic heterocycles. The maximum Gasteiger partial charge on any atom is 0.406 e. The van der Waals surface area contributed by atoms with Crippen LogP contribution in [-0.2, 0) is 14.3 Å². The molecule has 10 heteroatoms. The smallest absolute Gasteiger partial charge is 0.406 e. The van der Waals surface area contributed by atoms with Crippen LogP contribution in [0.15, 0.2) is 0 Å². The molecule has 2 N–H and O–H groups in total. The van der Waals surface area contributed by atoms with Gasteiger partial charge >= 0.3 is 18.2 Å². The predicted octanol–water partition coefficient (Wildman–Crippen LogP) is 0.598. The van der Waals surface area contributed by atoms with Crippen LogP contribution in [0.5, 0.6) is 0 Å². The SMILES string of the molecule is CCCN(CC(F)(F)F)C(=O)NC(=O)COCC(=O)O. The van der Waals surface area contributed by atoms with Crippen LogP contribution >= 0.6 is 0 Å². The van der Waals surface area contributed by atoms with Crippen molar-refractivity contribution >= 4 is 17.9 Å². The molecule has 0 rings (SSSR count). The number of alkyl halides is 3. The fourth-order valence-electron chi connectivity index (χ4n) is 1.20. The van der Waals surface area contributed by atoms with E-state index in [1.165, 1.54) is 0 Å². The van der Waals surface area contributed by atoms with Gasteiger partial charge in [0.15, 0.2) is 0 Å². The van der Waals surface area contributed by atoms with Crippen LogP contribution in [0.25, 0.3) is 0 Å². The molecule has 0 aromatic carbocycles. The van der Waals surface area contributed by atoms with Gasteiger partial charge in [-0.15, -0.1) is 0 Å². The van der Waals surface area contributed by atoms with Crippen molar-refractivity contribution in [2.45, 2.75) is 19.5 Å². The third kappa shape index (κ3) is 9.14. The largest absolute Gasteiger partial charge is 0.480 e. The number of carboxylic acid groups (broad SMARTS) is 1. The number of hydrogen-bond acceptors (Lipinski definition) is 4. The molecule has 7 nitrogen and oxygen atoms in total. The van der Waals surface area contributed by atoms with Crippen LogP contribution in [0.4, 0.5) is 18.0 Å². The van der Waals surface area contributed by atoms with E-state index in [9.17, 15) is 27.6 Å². The Hall–Kier alpha value is -1.84. The molecule has 0 atom stereocenters. The second kappa shape index (κ2) is 8.35. The normalized spacial score (nSPS) is 11.0. The van der Waals surface area contributed by atoms with Crippen molar-refractivity contribution in [2.24, 2.45) is 0 Å². The lowest BCUT2D eigenvalue weighted by Gasteiger charge is -2.23. The van der Waals surface area contributed by atoms with Crippen molar-refractivity contribution in [1.29, 1.82) is 0 Å². The summed E-state index contributed by atoms with van der Waals surface area (Å²) in [5.74, 6) is -2.33. The molecule has 20 heavy (non-hydrogen) atoms. The summed E-state index contributed by atoms with van der Waals surface area (Å²) in [6, 6.07) is -1.20. The molecule has 0 bridgehead atoms. The summed E-state index contributed by atoms with van der Waals surface area (Å²) >= 11 is 0. The van der Waals surface area contributed by atoms with Crippen molar-refractivity contribution in [1.82, 2.24) is 10.2 Å². The lowest BCUT2D eigenvalue weighted by atomic mass is 10.4. The minimum atomic E-state index is -4.57. The second-order valence-corrected chi connectivity index (χ2v) is 3.78. The summed E-state index contributed by atoms with van der Waals surface area (Å²) < 4.78 is 41.1. The standard InChI is InChI=1S/C10H15F3N2O5/c1-2-3-15(6-10(11,12)13)9(19)14-7(16)4-20-5-8(17)18/h2-6H2,1H3,(H,17,18)(H,14,16,19). The molecule has 3 amide bonds. The summed E-state index contributed by atoms with van der Waals surface area (Å²) in [7, 11) is 0. The maximum atomic E-state index is 12.2. The Kier molecular flexibility index (Phi) is 7.59. The first-order valence-electron chi connectivity index (χ1n) is 5.60. The van der Waals surface area contributed by atoms with Gasteiger partial charge in [-0.05, 0) is 6.42 Å². The molecule has 0 aromatic rings. The van der Waals surface area contributed by atoms with E-state index in [0.717, 1.165) is 0 Å². The molecule has 0 fully saturated rings. The van der Waals surface area contributed by atoms with Crippen molar-refractivity contribution in [2.75, 3.05) is 26.3 Å². The number of rotatable bonds is 7. The highest BCUT2D eigenvalue weighted by Crippen LogP contribution is 2.16. The minimum absolute atomic E-state index is 0.172. The van der Waals surface area contributed by atoms with Crippen molar-refractivity contribution in [3.63, 3.8) is 0 Å². The molecule has 116 valence electrons. The second-order valence-electron chi connectivity index (χ2n) is 3.78. The van der Waals surface area contributed by atoms with Gasteiger partial charge in [0.25, 0.3) is 5.91 Å². The van der Waals surface area contributed by atoms with Gasteiger partial charge in [-0.3, -0.25) is 10.1 Å². The Morgan fingerprint density at radius 2 is 1.85 bits per heavy atom. The van der Waals surface area contributed by atoms with Crippen LogP contribution in [0, 0.1) is 0 Å². The summed E-state index contributed by atoms with van der Waals surface area (Å²) in [5.41, 5.74) is 0. The molecular weight excluding hydrogens is 285 g/mol. The highest BCUT2D eigenvalue weighted by Gasteiger charge is 2.33. The third-order valence-electron chi connectivity index (χ3n) is 1.86. The number of urea groups is 1. The van der Waals surface area contributed by atoms with E-state index in [4.69, 9.17) is 5.11 Å². The average molecular weight is 300 g/mol. The molecule has 0 heterocycles. The highest BCUT2D eigenvalue weighted by atomic mass is 19.4. The van der Waals surface area contributed by atoms with Crippen LogP contribution in [0.2, 0.25) is 0 Å². The van der Waals surface area contributed by atoms with E-state index in [1.807, 2.05) is 0 Å². The lowest BCUT2D eigenvalue weighted by molar-refractivity contribution is -0.144. The zero-order chi connectivity index (χ0) is 15.8. The van der Waals surface area contributed by atoms with E-state index in [0.29, 0.717) is 4.90 Å². The van der Waals surface area contributed by atoms with Gasteiger partial charge in [-0.25, -0.2) is 9.59 Å². The highest BCUT2D eigenvalue weighted by molar-refractivity contribution is 5.95. The number of imide groups is 1. The van der Waals surface area contributed by atoms with Crippen LogP contribution < -0.4 is 5.32 Å². The van der Waals surface area contributed by atoms with Gasteiger partial charge in [0.05, 0.1) is 0 Å². The molecule has 0 aliphatic rings. The van der Waals surface area contributed by atoms with Crippen molar-refractivity contribution < 1.29 is 37.4 Å². The number of aliphatic carboxylic acids is 1. The Labute approximate surface area is 112 Å². The number of carbonyl (C=O) groups excluding carboxylic acids is 2. The maximum absolute atomic E-state index is 12.2. The van der Waals surface area contributed by atoms with Gasteiger partial charge in [0.2, 0.25) is 0 Å². The van der Waals surface area contributed by atoms with E-state index in [2.05, 4.69) is 4.74 Å². The summed E-state index contributed by atoms with van der Waals surface area (Å²) in [6.07, 6.45) is -4.29. The Morgan fingerprint density at radius 1 is 1.25 bits per heavy atom. The average Bonchev–Trinajstić information content (AvgIpc) is 2.25. The molecule has 0 radical (unpaired) electrons. The summed E-state index contributed by atoms with van der Waals surface area (Å²) in [5, 5.41) is 9.93. The molecule has 0 saturated carbocycles. The van der Waals surface area contributed by atoms with Gasteiger partial charge in [0.1, 0.15) is 19.8 Å². The van der Waals surface area contributed by atoms with E-state index >= 15 is 0 Å². The van der Waals surface area contributed by atoms with Crippen LogP contribution in [0.3, 0.4) is 0 Å². The van der Waals surface area contributed by atoms with Gasteiger partial charge in [-0.2, -0.15) is 13.2 Å². The molecule has 0 saturated heterocycles. The fourth-order valence-corrected chi connectivity index (χ4v) is 1.20. The number of halogens is 3. The minimum Gasteiger partial charge on any atom is -0.480 e. The topological polar surface area (TPSA) is 95.9 Å². The number of nitrogens with one attached hydrogen (secondary N) is 1. The number of hydrogen-bond donors (Lipinski definition) is 2. The van der Waals surface area contributed by atoms with Gasteiger partial charge in [0, 0.05) is 6.54 Å². The number of ether oxygens (including phenoxy) is 1. The monoisotopic (exact) mass is 300 g/mol. The zero-order valence-electron chi connectivity index (χ0n) is 10.7. The first-order chi connectivity index (χ1) is 9.15. The number of carboxylic acids is 1. The van der Waals surface area contributed by atoms with Crippen LogP contribution in [-0.4, -0.2) is 60.4 Å². The zero-order valence-corrected chi connectivity index (χ0v) is 10.7. The summed E-state index contributed by atoms with van der Waals surface area (Å²) in [4.78, 5) is 33.1. The molecular formula is C10H15F3N2O5. The van der Waals surface area contributed by atoms with Gasteiger partial charge < -0.3 is 14.7 Å². The van der Waals surface area contributed by atoms with Crippen LogP contribution in [0.1, 0.15) is 13.3 Å². The number of amides is 3. The molecule has 0 aliphatic carbocycles. The Balaban J connectivity index is 4.30. The molecule has 0 aromatic heterocycles. The van der Waals surface area contributed by atoms with E-state index in [-0.39, 0.29) is 13.0 Å². The molecule has 0 unspecified atom stereocenters. The quantitative estimate of drug-likeness (QED) is 0.717. The van der Waals surface area contributed by atoms with E-state index in [1.54, 1.807) is 12.2 Å². The Bertz CT molecular complexity index is 359. The number of nitrogens with zero attached hydrogens (tertiary/aromatic N) is 1. The van der Waals surface area contributed by atoms with Crippen molar-refractivity contribution in [3.05, 3.63) is 0 Å². The first kappa shape index (κ1) is 18.2. The Morgan fingerprint density at radius 3 is 2.30 bits per heavy atom. The van der Waals surface area contributed by atoms with Crippen molar-refractivity contribution in [3.8, 4) is 0 Å². The lowest BCUT2D eigenvalue weighted by Crippen LogP contribution is -2.48. The van der Waals surface area contributed by atoms with E-state index < -0.39 is 43.8 Å². The van der Waals surface area contributed by atoms with Gasteiger partial charge in [-0.1, -0.05) is 6.92 Å². The first-order valence-corrected chi connectivity index (χ1v) is 5.60. The fraction of sp³-hybridized carbons (Fsp3) is 0.700. The molecule has 0 spiro atoms.